The van der Waals surface area contributed by atoms with Gasteiger partial charge in [0.25, 0.3) is 11.5 Å². The van der Waals surface area contributed by atoms with Gasteiger partial charge in [0.1, 0.15) is 17.5 Å². The number of hydrogen-bond donors (Lipinski definition) is 2. The molecule has 0 radical (unpaired) electrons. The van der Waals surface area contributed by atoms with E-state index in [1.165, 1.54) is 16.2 Å². The summed E-state index contributed by atoms with van der Waals surface area (Å²) in [6, 6.07) is 24.0. The zero-order valence-electron chi connectivity index (χ0n) is 41.0. The first-order valence-corrected chi connectivity index (χ1v) is 24.4. The second kappa shape index (κ2) is 19.1. The molecule has 3 amide bonds. The van der Waals surface area contributed by atoms with Gasteiger partial charge in [0, 0.05) is 112 Å². The fraction of sp³-hybridized carbons (Fsp3) is 0.345. The van der Waals surface area contributed by atoms with Gasteiger partial charge in [-0.1, -0.05) is 24.3 Å². The minimum Gasteiger partial charge on any atom is -0.388 e. The molecule has 3 aliphatic heterocycles. The molecule has 7 heterocycles. The standard InChI is InChI=1S/C55H59FN10O5/c1-33-27-39(29-43(56)51(33)38-18-24-64(25-19-38)34(2)47-31-42-44(15-21-58-52(42)61(47)5)65-26-20-40(57-3)30-50(65)68)54(70)60(4)41-10-8-36(9-11-41)37-16-22-63(23-17-37)32-35-7-12-45-48(28-35)62(6)55(71)66(45)46-13-14-49(67)59-53(46)69/h7-12,15,18,20-21,26-31,34,37,46,57H,13-14,16-17,19,22-25,32H2,1-6H3,(H,59,67,69)/t34-,46-/m0/s1. The number of imidazole rings is 1. The predicted molar refractivity (Wildman–Crippen MR) is 275 cm³/mol. The van der Waals surface area contributed by atoms with Gasteiger partial charge in [-0.15, -0.1) is 0 Å². The zero-order chi connectivity index (χ0) is 49.8. The van der Waals surface area contributed by atoms with Crippen molar-refractivity contribution in [3.05, 3.63) is 157 Å². The quantitative estimate of drug-likeness (QED) is 0.127. The van der Waals surface area contributed by atoms with Gasteiger partial charge in [-0.3, -0.25) is 48.0 Å². The van der Waals surface area contributed by atoms with Crippen molar-refractivity contribution in [2.24, 2.45) is 14.1 Å². The molecule has 3 aromatic carbocycles. The van der Waals surface area contributed by atoms with Crippen LogP contribution in [0, 0.1) is 12.7 Å². The van der Waals surface area contributed by atoms with Gasteiger partial charge in [-0.2, -0.15) is 0 Å². The summed E-state index contributed by atoms with van der Waals surface area (Å²) in [5.41, 5.74) is 9.91. The van der Waals surface area contributed by atoms with E-state index in [0.717, 1.165) is 88.5 Å². The summed E-state index contributed by atoms with van der Waals surface area (Å²) in [7, 11) is 7.22. The minimum absolute atomic E-state index is 0.0160. The summed E-state index contributed by atoms with van der Waals surface area (Å²) in [5, 5.41) is 6.27. The predicted octanol–water partition coefficient (Wildman–Crippen LogP) is 7.35. The van der Waals surface area contributed by atoms with Gasteiger partial charge in [-0.25, -0.2) is 14.2 Å². The summed E-state index contributed by atoms with van der Waals surface area (Å²) in [6.45, 7) is 7.89. The van der Waals surface area contributed by atoms with Crippen molar-refractivity contribution >= 4 is 56.7 Å². The number of nitrogens with zero attached hydrogens (tertiary/aromatic N) is 8. The van der Waals surface area contributed by atoms with Gasteiger partial charge in [0.2, 0.25) is 11.8 Å². The van der Waals surface area contributed by atoms with Crippen LogP contribution in [0.1, 0.15) is 95.3 Å². The van der Waals surface area contributed by atoms with E-state index >= 15 is 4.39 Å². The summed E-state index contributed by atoms with van der Waals surface area (Å²) in [5.74, 6) is -1.08. The number of fused-ring (bicyclic) bond motifs is 2. The van der Waals surface area contributed by atoms with Crippen LogP contribution >= 0.6 is 0 Å². The number of piperidine rings is 2. The van der Waals surface area contributed by atoms with E-state index in [2.05, 4.69) is 61.2 Å². The number of likely N-dealkylation sites (tertiary alicyclic amines) is 1. The largest absolute Gasteiger partial charge is 0.388 e. The Kier molecular flexibility index (Phi) is 12.7. The number of rotatable bonds is 11. The van der Waals surface area contributed by atoms with Gasteiger partial charge in [-0.05, 0) is 135 Å². The lowest BCUT2D eigenvalue weighted by Crippen LogP contribution is -2.44. The number of halogens is 1. The molecular formula is C55H59FN10O5. The average Bonchev–Trinajstić information content (AvgIpc) is 3.84. The Bertz CT molecular complexity index is 3390. The number of hydrogen-bond acceptors (Lipinski definition) is 9. The van der Waals surface area contributed by atoms with E-state index < -0.39 is 17.8 Å². The van der Waals surface area contributed by atoms with Crippen LogP contribution in [-0.4, -0.2) is 91.0 Å². The molecule has 2 fully saturated rings. The summed E-state index contributed by atoms with van der Waals surface area (Å²) < 4.78 is 23.0. The van der Waals surface area contributed by atoms with Crippen LogP contribution in [0.2, 0.25) is 0 Å². The Morgan fingerprint density at radius 1 is 0.901 bits per heavy atom. The highest BCUT2D eigenvalue weighted by atomic mass is 19.1. The van der Waals surface area contributed by atoms with E-state index in [0.29, 0.717) is 48.5 Å². The van der Waals surface area contributed by atoms with E-state index in [4.69, 9.17) is 0 Å². The first kappa shape index (κ1) is 47.3. The minimum atomic E-state index is -0.714. The molecule has 366 valence electrons. The number of anilines is 2. The molecule has 3 aliphatic rings. The molecule has 2 atom stereocenters. The highest BCUT2D eigenvalue weighted by molar-refractivity contribution is 6.06. The Morgan fingerprint density at radius 2 is 1.68 bits per heavy atom. The fourth-order valence-corrected chi connectivity index (χ4v) is 11.1. The molecule has 4 aromatic heterocycles. The normalized spacial score (nSPS) is 17.7. The molecule has 0 aliphatic carbocycles. The molecule has 0 saturated carbocycles. The Balaban J connectivity index is 0.754. The average molecular weight is 959 g/mol. The summed E-state index contributed by atoms with van der Waals surface area (Å²) in [4.78, 5) is 75.5. The highest BCUT2D eigenvalue weighted by Crippen LogP contribution is 2.36. The topological polar surface area (TPSA) is 152 Å². The van der Waals surface area contributed by atoms with Crippen LogP contribution in [0.3, 0.4) is 0 Å². The van der Waals surface area contributed by atoms with Gasteiger partial charge in [0.15, 0.2) is 0 Å². The number of aryl methyl sites for hydroxylation is 3. The molecule has 0 bridgehead atoms. The van der Waals surface area contributed by atoms with Crippen molar-refractivity contribution < 1.29 is 18.8 Å². The van der Waals surface area contributed by atoms with E-state index in [1.807, 2.05) is 56.4 Å². The smallest absolute Gasteiger partial charge is 0.329 e. The van der Waals surface area contributed by atoms with Gasteiger partial charge in [0.05, 0.1) is 16.7 Å². The van der Waals surface area contributed by atoms with Crippen LogP contribution in [0.25, 0.3) is 33.3 Å². The van der Waals surface area contributed by atoms with Crippen LogP contribution in [0.15, 0.2) is 107 Å². The monoisotopic (exact) mass is 958 g/mol. The molecule has 0 spiro atoms. The lowest BCUT2D eigenvalue weighted by Gasteiger charge is -2.32. The second-order valence-corrected chi connectivity index (χ2v) is 19.4. The van der Waals surface area contributed by atoms with Crippen molar-refractivity contribution in [1.29, 1.82) is 0 Å². The highest BCUT2D eigenvalue weighted by Gasteiger charge is 2.32. The number of nitrogens with one attached hydrogen (secondary N) is 2. The van der Waals surface area contributed by atoms with Crippen molar-refractivity contribution in [3.8, 4) is 5.69 Å². The number of carbonyl (C=O) groups excluding carboxylic acids is 3. The molecule has 71 heavy (non-hydrogen) atoms. The van der Waals surface area contributed by atoms with Crippen molar-refractivity contribution in [2.45, 2.75) is 70.5 Å². The van der Waals surface area contributed by atoms with Crippen molar-refractivity contribution in [1.82, 2.24) is 38.4 Å². The number of imide groups is 1. The number of amides is 3. The maximum absolute atomic E-state index is 16.1. The molecule has 10 rings (SSSR count). The third-order valence-electron chi connectivity index (χ3n) is 15.2. The first-order chi connectivity index (χ1) is 34.2. The van der Waals surface area contributed by atoms with E-state index in [-0.39, 0.29) is 35.5 Å². The Hall–Kier alpha value is -7.43. The first-order valence-electron chi connectivity index (χ1n) is 24.4. The maximum Gasteiger partial charge on any atom is 0.329 e. The van der Waals surface area contributed by atoms with Crippen LogP contribution < -0.4 is 26.8 Å². The lowest BCUT2D eigenvalue weighted by atomic mass is 9.89. The molecule has 2 N–H and O–H groups in total. The van der Waals surface area contributed by atoms with Crippen molar-refractivity contribution in [3.63, 3.8) is 0 Å². The van der Waals surface area contributed by atoms with E-state index in [9.17, 15) is 24.0 Å². The zero-order valence-corrected chi connectivity index (χ0v) is 41.0. The van der Waals surface area contributed by atoms with Gasteiger partial charge < -0.3 is 14.8 Å². The molecule has 16 heteroatoms. The number of carbonyl (C=O) groups is 3. The number of aromatic nitrogens is 5. The number of benzene rings is 3. The van der Waals surface area contributed by atoms with Gasteiger partial charge >= 0.3 is 5.69 Å². The number of pyridine rings is 2. The second-order valence-electron chi connectivity index (χ2n) is 19.4. The Morgan fingerprint density at radius 3 is 2.37 bits per heavy atom. The fourth-order valence-electron chi connectivity index (χ4n) is 11.1. The van der Waals surface area contributed by atoms with Crippen LogP contribution in [0.4, 0.5) is 15.8 Å². The lowest BCUT2D eigenvalue weighted by molar-refractivity contribution is -0.135. The Labute approximate surface area is 410 Å². The molecular weight excluding hydrogens is 900 g/mol. The summed E-state index contributed by atoms with van der Waals surface area (Å²) >= 11 is 0. The van der Waals surface area contributed by atoms with Crippen LogP contribution in [0.5, 0.6) is 0 Å². The van der Waals surface area contributed by atoms with E-state index in [1.54, 1.807) is 59.7 Å². The third kappa shape index (κ3) is 8.79. The van der Waals surface area contributed by atoms with Crippen LogP contribution in [-0.2, 0) is 30.2 Å². The van der Waals surface area contributed by atoms with Crippen molar-refractivity contribution in [2.75, 3.05) is 50.5 Å². The summed E-state index contributed by atoms with van der Waals surface area (Å²) in [6.07, 6.45) is 8.68. The maximum atomic E-state index is 16.1. The third-order valence-corrected chi connectivity index (χ3v) is 15.2. The molecule has 15 nitrogen and oxygen atoms in total. The molecule has 7 aromatic rings. The SMILES string of the molecule is CNc1ccn(-c2ccnc3c2cc([C@H](C)N2CC=C(c4c(C)cc(C(=O)N(C)c5ccc(C6CCN(Cc7ccc8c(c7)n(C)c(=O)n8[C@H]7CCC(=O)NC7=O)CC6)cc5)cc4F)CC2)n3C)c(=O)c1. The molecule has 0 unspecified atom stereocenters. The molecule has 2 saturated heterocycles.